The number of halogens is 2. The van der Waals surface area contributed by atoms with Gasteiger partial charge in [-0.15, -0.1) is 0 Å². The van der Waals surface area contributed by atoms with Crippen LogP contribution >= 0.6 is 23.2 Å². The van der Waals surface area contributed by atoms with Crippen LogP contribution in [-0.2, 0) is 9.47 Å². The van der Waals surface area contributed by atoms with E-state index in [0.717, 1.165) is 52.2 Å². The van der Waals surface area contributed by atoms with Gasteiger partial charge < -0.3 is 25.4 Å². The molecule has 1 aromatic carbocycles. The second kappa shape index (κ2) is 13.6. The number of nitrogens with one attached hydrogen (secondary N) is 3. The Morgan fingerprint density at radius 3 is 2.59 bits per heavy atom. The van der Waals surface area contributed by atoms with E-state index in [9.17, 15) is 4.79 Å². The zero-order valence-electron chi connectivity index (χ0n) is 16.8. The van der Waals surface area contributed by atoms with Crippen LogP contribution < -0.4 is 16.0 Å². The summed E-state index contributed by atoms with van der Waals surface area (Å²) in [7, 11) is 1.71. The van der Waals surface area contributed by atoms with Gasteiger partial charge in [0.2, 0.25) is 0 Å². The molecule has 0 aromatic heterocycles. The zero-order chi connectivity index (χ0) is 20.9. The lowest BCUT2D eigenvalue weighted by Gasteiger charge is -2.21. The third-order valence-electron chi connectivity index (χ3n) is 4.56. The van der Waals surface area contributed by atoms with Gasteiger partial charge in [0.1, 0.15) is 0 Å². The van der Waals surface area contributed by atoms with Gasteiger partial charge in [-0.1, -0.05) is 23.2 Å². The number of aliphatic imine (C=N–C) groups is 1. The van der Waals surface area contributed by atoms with Crippen molar-refractivity contribution < 1.29 is 14.3 Å². The van der Waals surface area contributed by atoms with E-state index in [1.165, 1.54) is 0 Å². The number of rotatable bonds is 10. The van der Waals surface area contributed by atoms with Crippen molar-refractivity contribution in [3.05, 3.63) is 33.8 Å². The third-order valence-corrected chi connectivity index (χ3v) is 5.30. The highest BCUT2D eigenvalue weighted by Crippen LogP contribution is 2.22. The SMILES string of the molecule is CN=C(NCCCOCC1CCOCC1)NCCNC(=O)c1ccc(Cl)c(Cl)c1. The summed E-state index contributed by atoms with van der Waals surface area (Å²) in [5, 5.41) is 10.0. The highest BCUT2D eigenvalue weighted by molar-refractivity contribution is 6.42. The molecule has 7 nitrogen and oxygen atoms in total. The summed E-state index contributed by atoms with van der Waals surface area (Å²) < 4.78 is 11.1. The van der Waals surface area contributed by atoms with Crippen molar-refractivity contribution in [1.82, 2.24) is 16.0 Å². The fraction of sp³-hybridized carbons (Fsp3) is 0.600. The molecule has 1 fully saturated rings. The van der Waals surface area contributed by atoms with Gasteiger partial charge in [0.05, 0.1) is 10.0 Å². The van der Waals surface area contributed by atoms with Gasteiger partial charge in [-0.3, -0.25) is 9.79 Å². The molecule has 0 bridgehead atoms. The monoisotopic (exact) mass is 444 g/mol. The summed E-state index contributed by atoms with van der Waals surface area (Å²) in [4.78, 5) is 16.3. The highest BCUT2D eigenvalue weighted by Gasteiger charge is 2.13. The van der Waals surface area contributed by atoms with Gasteiger partial charge in [-0.05, 0) is 43.4 Å². The predicted octanol–water partition coefficient (Wildman–Crippen LogP) is 2.72. The lowest BCUT2D eigenvalue weighted by Crippen LogP contribution is -2.42. The van der Waals surface area contributed by atoms with E-state index in [2.05, 4.69) is 20.9 Å². The van der Waals surface area contributed by atoms with E-state index in [0.29, 0.717) is 40.6 Å². The number of carbonyl (C=O) groups excluding carboxylic acids is 1. The molecule has 0 unspecified atom stereocenters. The van der Waals surface area contributed by atoms with Gasteiger partial charge in [-0.2, -0.15) is 0 Å². The van der Waals surface area contributed by atoms with E-state index in [-0.39, 0.29) is 5.91 Å². The Balaban J connectivity index is 1.52. The number of hydrogen-bond donors (Lipinski definition) is 3. The largest absolute Gasteiger partial charge is 0.381 e. The average Bonchev–Trinajstić information content (AvgIpc) is 2.74. The van der Waals surface area contributed by atoms with Crippen molar-refractivity contribution in [3.8, 4) is 0 Å². The summed E-state index contributed by atoms with van der Waals surface area (Å²) in [6, 6.07) is 4.80. The maximum Gasteiger partial charge on any atom is 0.251 e. The Hall–Kier alpha value is -1.54. The summed E-state index contributed by atoms with van der Waals surface area (Å²) in [6.07, 6.45) is 3.09. The van der Waals surface area contributed by atoms with E-state index < -0.39 is 0 Å². The van der Waals surface area contributed by atoms with Crippen molar-refractivity contribution in [2.45, 2.75) is 19.3 Å². The average molecular weight is 445 g/mol. The molecule has 1 saturated heterocycles. The van der Waals surface area contributed by atoms with Gasteiger partial charge >= 0.3 is 0 Å². The van der Waals surface area contributed by atoms with Crippen LogP contribution in [0.2, 0.25) is 10.0 Å². The minimum absolute atomic E-state index is 0.199. The van der Waals surface area contributed by atoms with Gasteiger partial charge in [0, 0.05) is 58.7 Å². The summed E-state index contributed by atoms with van der Waals surface area (Å²) in [5.41, 5.74) is 0.475. The predicted molar refractivity (Wildman–Crippen MR) is 117 cm³/mol. The van der Waals surface area contributed by atoms with Crippen molar-refractivity contribution in [1.29, 1.82) is 0 Å². The number of guanidine groups is 1. The number of hydrogen-bond acceptors (Lipinski definition) is 4. The zero-order valence-corrected chi connectivity index (χ0v) is 18.3. The maximum absolute atomic E-state index is 12.1. The smallest absolute Gasteiger partial charge is 0.251 e. The van der Waals surface area contributed by atoms with Gasteiger partial charge in [0.25, 0.3) is 5.91 Å². The lowest BCUT2D eigenvalue weighted by molar-refractivity contribution is 0.0203. The second-order valence-corrected chi connectivity index (χ2v) is 7.61. The molecule has 3 N–H and O–H groups in total. The van der Waals surface area contributed by atoms with Gasteiger partial charge in [-0.25, -0.2) is 0 Å². The first-order chi connectivity index (χ1) is 14.1. The topological polar surface area (TPSA) is 84.0 Å². The highest BCUT2D eigenvalue weighted by atomic mass is 35.5. The standard InChI is InChI=1S/C20H30Cl2N4O3/c1-23-20(25-7-2-10-29-14-15-5-11-28-12-6-15)26-9-8-24-19(27)16-3-4-17(21)18(22)13-16/h3-4,13,15H,2,5-12,14H2,1H3,(H,24,27)(H2,23,25,26). The van der Waals surface area contributed by atoms with E-state index in [1.54, 1.807) is 25.2 Å². The molecule has 1 amide bonds. The fourth-order valence-corrected chi connectivity index (χ4v) is 3.16. The van der Waals surface area contributed by atoms with Crippen LogP contribution in [0.3, 0.4) is 0 Å². The molecule has 0 radical (unpaired) electrons. The molecular weight excluding hydrogens is 415 g/mol. The Morgan fingerprint density at radius 1 is 1.14 bits per heavy atom. The number of amides is 1. The quantitative estimate of drug-likeness (QED) is 0.293. The van der Waals surface area contributed by atoms with E-state index in [1.807, 2.05) is 0 Å². The first-order valence-corrected chi connectivity index (χ1v) is 10.7. The second-order valence-electron chi connectivity index (χ2n) is 6.79. The lowest BCUT2D eigenvalue weighted by atomic mass is 10.0. The molecular formula is C20H30Cl2N4O3. The van der Waals surface area contributed by atoms with Crippen molar-refractivity contribution >= 4 is 35.1 Å². The maximum atomic E-state index is 12.1. The third kappa shape index (κ3) is 9.21. The minimum Gasteiger partial charge on any atom is -0.381 e. The van der Waals surface area contributed by atoms with Crippen LogP contribution in [0, 0.1) is 5.92 Å². The first kappa shape index (κ1) is 23.7. The van der Waals surface area contributed by atoms with Crippen molar-refractivity contribution in [2.24, 2.45) is 10.9 Å². The molecule has 162 valence electrons. The summed E-state index contributed by atoms with van der Waals surface area (Å²) in [5.74, 6) is 1.12. The number of benzene rings is 1. The fourth-order valence-electron chi connectivity index (χ4n) is 2.86. The summed E-state index contributed by atoms with van der Waals surface area (Å²) in [6.45, 7) is 5.01. The molecule has 1 aliphatic heterocycles. The van der Waals surface area contributed by atoms with Crippen LogP contribution in [0.1, 0.15) is 29.6 Å². The Labute approximate surface area is 182 Å². The normalized spacial score (nSPS) is 15.2. The van der Waals surface area contributed by atoms with Crippen LogP contribution in [-0.4, -0.2) is 65.0 Å². The molecule has 1 aromatic rings. The van der Waals surface area contributed by atoms with Crippen LogP contribution in [0.5, 0.6) is 0 Å². The minimum atomic E-state index is -0.199. The molecule has 0 aliphatic carbocycles. The molecule has 1 heterocycles. The van der Waals surface area contributed by atoms with Gasteiger partial charge in [0.15, 0.2) is 5.96 Å². The van der Waals surface area contributed by atoms with Crippen LogP contribution in [0.25, 0.3) is 0 Å². The molecule has 29 heavy (non-hydrogen) atoms. The molecule has 9 heteroatoms. The Morgan fingerprint density at radius 2 is 1.86 bits per heavy atom. The number of nitrogens with zero attached hydrogens (tertiary/aromatic N) is 1. The molecule has 0 saturated carbocycles. The van der Waals surface area contributed by atoms with E-state index >= 15 is 0 Å². The first-order valence-electron chi connectivity index (χ1n) is 9.93. The number of carbonyl (C=O) groups is 1. The summed E-state index contributed by atoms with van der Waals surface area (Å²) >= 11 is 11.8. The molecule has 0 atom stereocenters. The van der Waals surface area contributed by atoms with Crippen molar-refractivity contribution in [3.63, 3.8) is 0 Å². The number of ether oxygens (including phenoxy) is 2. The Bertz CT molecular complexity index is 667. The molecule has 2 rings (SSSR count). The van der Waals surface area contributed by atoms with E-state index in [4.69, 9.17) is 32.7 Å². The Kier molecular flexibility index (Phi) is 11.2. The molecule has 1 aliphatic rings. The van der Waals surface area contributed by atoms with Crippen LogP contribution in [0.4, 0.5) is 0 Å². The molecule has 0 spiro atoms. The van der Waals surface area contributed by atoms with Crippen molar-refractivity contribution in [2.75, 3.05) is 53.1 Å². The van der Waals surface area contributed by atoms with Crippen LogP contribution in [0.15, 0.2) is 23.2 Å².